The normalized spacial score (nSPS) is 30.5. The van der Waals surface area contributed by atoms with Crippen molar-refractivity contribution in [3.8, 4) is 0 Å². The molecule has 3 fully saturated rings. The fourth-order valence-corrected chi connectivity index (χ4v) is 3.39. The summed E-state index contributed by atoms with van der Waals surface area (Å²) in [4.78, 5) is 13.3. The molecule has 3 unspecified atom stereocenters. The van der Waals surface area contributed by atoms with Crippen molar-refractivity contribution in [2.24, 2.45) is 11.8 Å². The van der Waals surface area contributed by atoms with E-state index < -0.39 is 5.97 Å². The Kier molecular flexibility index (Phi) is 2.73. The number of fused-ring (bicyclic) bond motifs is 3. The number of nitrogens with zero attached hydrogens (tertiary/aromatic N) is 1. The molecule has 0 aromatic heterocycles. The maximum absolute atomic E-state index is 13.2. The van der Waals surface area contributed by atoms with E-state index in [1.165, 1.54) is 12.1 Å². The minimum atomic E-state index is -0.677. The van der Waals surface area contributed by atoms with Crippen molar-refractivity contribution in [1.29, 1.82) is 0 Å². The van der Waals surface area contributed by atoms with Crippen LogP contribution in [0.2, 0.25) is 0 Å². The highest BCUT2D eigenvalue weighted by Crippen LogP contribution is 2.41. The van der Waals surface area contributed by atoms with Crippen LogP contribution in [0.3, 0.4) is 0 Å². The fraction of sp³-hybridized carbons (Fsp3) is 0.500. The van der Waals surface area contributed by atoms with E-state index in [0.717, 1.165) is 25.1 Å². The number of carbonyl (C=O) groups is 1. The molecule has 4 heteroatoms. The largest absolute Gasteiger partial charge is 0.481 e. The topological polar surface area (TPSA) is 40.5 Å². The van der Waals surface area contributed by atoms with E-state index in [1.54, 1.807) is 6.07 Å². The van der Waals surface area contributed by atoms with Crippen molar-refractivity contribution < 1.29 is 14.3 Å². The van der Waals surface area contributed by atoms with Gasteiger partial charge in [0.2, 0.25) is 0 Å². The number of carboxylic acids is 1. The number of carboxylic acid groups (broad SMARTS) is 1. The third kappa shape index (κ3) is 1.85. The molecule has 2 heterocycles. The Morgan fingerprint density at radius 3 is 2.83 bits per heavy atom. The molecule has 1 saturated carbocycles. The highest BCUT2D eigenvalue weighted by molar-refractivity contribution is 5.71. The van der Waals surface area contributed by atoms with Gasteiger partial charge >= 0.3 is 5.97 Å². The lowest BCUT2D eigenvalue weighted by Crippen LogP contribution is -2.54. The first-order valence-corrected chi connectivity index (χ1v) is 6.40. The highest BCUT2D eigenvalue weighted by atomic mass is 19.1. The summed E-state index contributed by atoms with van der Waals surface area (Å²) in [6.07, 6.45) is 2.69. The van der Waals surface area contributed by atoms with Crippen molar-refractivity contribution >= 4 is 11.7 Å². The van der Waals surface area contributed by atoms with Crippen LogP contribution in [0.5, 0.6) is 0 Å². The maximum Gasteiger partial charge on any atom is 0.306 e. The molecule has 2 saturated heterocycles. The second kappa shape index (κ2) is 4.26. The lowest BCUT2D eigenvalue weighted by Gasteiger charge is -2.49. The molecule has 1 aromatic carbocycles. The van der Waals surface area contributed by atoms with Crippen LogP contribution in [-0.4, -0.2) is 23.7 Å². The highest BCUT2D eigenvalue weighted by Gasteiger charge is 2.43. The summed E-state index contributed by atoms with van der Waals surface area (Å²) < 4.78 is 13.2. The first-order valence-electron chi connectivity index (χ1n) is 6.40. The van der Waals surface area contributed by atoms with E-state index in [1.807, 2.05) is 6.07 Å². The Hall–Kier alpha value is -1.58. The molecule has 0 spiro atoms. The van der Waals surface area contributed by atoms with Gasteiger partial charge in [-0.3, -0.25) is 4.79 Å². The monoisotopic (exact) mass is 249 g/mol. The number of halogens is 1. The van der Waals surface area contributed by atoms with Gasteiger partial charge in [-0.1, -0.05) is 6.07 Å². The molecule has 3 nitrogen and oxygen atoms in total. The molecule has 2 bridgehead atoms. The van der Waals surface area contributed by atoms with Crippen molar-refractivity contribution in [3.05, 3.63) is 30.1 Å². The molecule has 0 radical (unpaired) electrons. The Labute approximate surface area is 105 Å². The first kappa shape index (κ1) is 11.5. The van der Waals surface area contributed by atoms with Gasteiger partial charge in [0, 0.05) is 18.3 Å². The van der Waals surface area contributed by atoms with Gasteiger partial charge in [0.15, 0.2) is 0 Å². The van der Waals surface area contributed by atoms with Crippen molar-refractivity contribution in [2.45, 2.75) is 25.3 Å². The van der Waals surface area contributed by atoms with E-state index in [9.17, 15) is 14.3 Å². The van der Waals surface area contributed by atoms with Gasteiger partial charge in [0.05, 0.1) is 5.92 Å². The Bertz CT molecular complexity index is 477. The van der Waals surface area contributed by atoms with Gasteiger partial charge in [-0.25, -0.2) is 4.39 Å². The second-order valence-corrected chi connectivity index (χ2v) is 5.30. The van der Waals surface area contributed by atoms with E-state index >= 15 is 0 Å². The standard InChI is InChI=1S/C14H16FNO2/c15-10-2-1-3-11(6-10)16-8-9-4-5-12(16)7-13(9)14(17)18/h1-3,6,9,12-13H,4-5,7-8H2,(H,17,18). The van der Waals surface area contributed by atoms with Gasteiger partial charge in [-0.05, 0) is 43.4 Å². The summed E-state index contributed by atoms with van der Waals surface area (Å²) in [6.45, 7) is 0.741. The lowest BCUT2D eigenvalue weighted by atomic mass is 9.72. The molecule has 1 N–H and O–H groups in total. The number of aliphatic carboxylic acids is 1. The Morgan fingerprint density at radius 1 is 1.39 bits per heavy atom. The summed E-state index contributed by atoms with van der Waals surface area (Å²) in [5, 5.41) is 9.18. The Balaban J connectivity index is 1.84. The van der Waals surface area contributed by atoms with Crippen LogP contribution < -0.4 is 4.90 Å². The zero-order chi connectivity index (χ0) is 12.7. The van der Waals surface area contributed by atoms with E-state index in [2.05, 4.69) is 4.90 Å². The summed E-state index contributed by atoms with van der Waals surface area (Å²) in [7, 11) is 0. The molecule has 2 aliphatic heterocycles. The molecule has 0 amide bonds. The van der Waals surface area contributed by atoms with Crippen LogP contribution in [0, 0.1) is 17.7 Å². The minimum Gasteiger partial charge on any atom is -0.481 e. The smallest absolute Gasteiger partial charge is 0.306 e. The quantitative estimate of drug-likeness (QED) is 0.875. The second-order valence-electron chi connectivity index (χ2n) is 5.30. The van der Waals surface area contributed by atoms with Gasteiger partial charge in [0.1, 0.15) is 5.82 Å². The predicted molar refractivity (Wildman–Crippen MR) is 66.0 cm³/mol. The zero-order valence-electron chi connectivity index (χ0n) is 10.1. The number of benzene rings is 1. The van der Waals surface area contributed by atoms with Crippen molar-refractivity contribution in [2.75, 3.05) is 11.4 Å². The molecule has 96 valence electrons. The van der Waals surface area contributed by atoms with E-state index in [-0.39, 0.29) is 23.7 Å². The SMILES string of the molecule is O=C(O)C1CC2CCC1CN2c1cccc(F)c1. The molecule has 1 aromatic rings. The van der Waals surface area contributed by atoms with Crippen LogP contribution in [-0.2, 0) is 4.79 Å². The van der Waals surface area contributed by atoms with Crippen LogP contribution >= 0.6 is 0 Å². The molecule has 3 atom stereocenters. The van der Waals surface area contributed by atoms with E-state index in [4.69, 9.17) is 0 Å². The van der Waals surface area contributed by atoms with Gasteiger partial charge in [0.25, 0.3) is 0 Å². The first-order chi connectivity index (χ1) is 8.65. The zero-order valence-corrected chi connectivity index (χ0v) is 10.1. The minimum absolute atomic E-state index is 0.204. The molecule has 3 aliphatic rings. The molecule has 1 aliphatic carbocycles. The fourth-order valence-electron chi connectivity index (χ4n) is 3.39. The van der Waals surface area contributed by atoms with Crippen LogP contribution in [0.25, 0.3) is 0 Å². The predicted octanol–water partition coefficient (Wildman–Crippen LogP) is 2.52. The number of piperidine rings is 2. The average Bonchev–Trinajstić information content (AvgIpc) is 2.39. The summed E-state index contributed by atoms with van der Waals surface area (Å²) in [5.74, 6) is -0.920. The molecule has 4 rings (SSSR count). The van der Waals surface area contributed by atoms with Crippen LogP contribution in [0.1, 0.15) is 19.3 Å². The van der Waals surface area contributed by atoms with Gasteiger partial charge in [-0.2, -0.15) is 0 Å². The van der Waals surface area contributed by atoms with Crippen molar-refractivity contribution in [1.82, 2.24) is 0 Å². The van der Waals surface area contributed by atoms with E-state index in [0.29, 0.717) is 6.42 Å². The molecular formula is C14H16FNO2. The van der Waals surface area contributed by atoms with Gasteiger partial charge in [-0.15, -0.1) is 0 Å². The lowest BCUT2D eigenvalue weighted by molar-refractivity contribution is -0.145. The van der Waals surface area contributed by atoms with Gasteiger partial charge < -0.3 is 10.0 Å². The summed E-state index contributed by atoms with van der Waals surface area (Å²) >= 11 is 0. The average molecular weight is 249 g/mol. The number of hydrogen-bond acceptors (Lipinski definition) is 2. The Morgan fingerprint density at radius 2 is 2.22 bits per heavy atom. The summed E-state index contributed by atoms with van der Waals surface area (Å²) in [6, 6.07) is 6.83. The van der Waals surface area contributed by atoms with Crippen LogP contribution in [0.15, 0.2) is 24.3 Å². The number of anilines is 1. The third-order valence-corrected chi connectivity index (χ3v) is 4.29. The number of hydrogen-bond donors (Lipinski definition) is 1. The van der Waals surface area contributed by atoms with Crippen molar-refractivity contribution in [3.63, 3.8) is 0 Å². The maximum atomic E-state index is 13.2. The van der Waals surface area contributed by atoms with Crippen LogP contribution in [0.4, 0.5) is 10.1 Å². The number of rotatable bonds is 2. The third-order valence-electron chi connectivity index (χ3n) is 4.29. The molecular weight excluding hydrogens is 233 g/mol. The molecule has 18 heavy (non-hydrogen) atoms. The summed E-state index contributed by atoms with van der Waals surface area (Å²) in [5.41, 5.74) is 0.883.